The van der Waals surface area contributed by atoms with Gasteiger partial charge in [0, 0.05) is 38.5 Å². The van der Waals surface area contributed by atoms with E-state index in [0.717, 1.165) is 6.92 Å². The fourth-order valence-corrected chi connectivity index (χ4v) is 10.1. The molecule has 0 fully saturated rings. The number of nitrogens with two attached hydrogens (primary N) is 4. The van der Waals surface area contributed by atoms with Gasteiger partial charge in [0.1, 0.15) is 66.2 Å². The standard InChI is InChI=1S/C64H90N14O20S/c1-33(2)27-44(73-62(95)48(32-79)77-56(89)40(19-22-49(66)82)70-57(90)42(25-26-99-4)69-54(87)39(65)31-52(85)86)58(91)76-47(29-36-13-9-6-10-14-36)61(94)78-53(34(3)80)63(96)71-41(20-23-50(67)83)55(88)74-46(30-37-15-17-38(81)18-16-37)60(93)75-45(28-35-11-7-5-8-12-35)59(92)72-43(64(97)98)21-24-51(68)84/h5-18,33-34,39-48,53,79-81H,19-32,65H2,1-4H3,(H2,66,82)(H2,67,83)(H2,68,84)(H,69,87)(H,70,90)(H,71,96)(H,72,92)(H,73,95)(H,74,88)(H,75,93)(H,76,91)(H,77,89)(H,78,94)(H,85,86)(H,97,98)/t34-,39+,40+,41+,42+,43+,44+,45+,46+,47+,48+,53+/m1/s1. The molecule has 0 spiro atoms. The van der Waals surface area contributed by atoms with Crippen molar-refractivity contribution >= 4 is 100 Å². The largest absolute Gasteiger partial charge is 0.508 e. The van der Waals surface area contributed by atoms with Crippen LogP contribution in [-0.4, -0.2) is 205 Å². The molecule has 3 aromatic rings. The second-order valence-corrected chi connectivity index (χ2v) is 24.7. The Kier molecular flexibility index (Phi) is 35.6. The van der Waals surface area contributed by atoms with E-state index in [4.69, 9.17) is 28.0 Å². The van der Waals surface area contributed by atoms with Gasteiger partial charge in [0.25, 0.3) is 0 Å². The molecule has 0 saturated carbocycles. The first kappa shape index (κ1) is 83.0. The topological polar surface area (TPSA) is 582 Å². The molecule has 35 heteroatoms. The van der Waals surface area contributed by atoms with Crippen LogP contribution in [0.2, 0.25) is 0 Å². The van der Waals surface area contributed by atoms with Crippen molar-refractivity contribution in [3.05, 3.63) is 102 Å². The number of phenols is 1. The number of carboxylic acids is 2. The van der Waals surface area contributed by atoms with Gasteiger partial charge in [0.05, 0.1) is 25.2 Å². The number of aliphatic hydroxyl groups excluding tert-OH is 2. The van der Waals surface area contributed by atoms with E-state index in [9.17, 15) is 92.3 Å². The van der Waals surface area contributed by atoms with Crippen LogP contribution < -0.4 is 76.1 Å². The Balaban J connectivity index is 1.97. The maximum absolute atomic E-state index is 14.6. The third kappa shape index (κ3) is 30.8. The SMILES string of the molecule is CSCC[C@H](NC(=O)[C@@H](N)CC(=O)O)C(=O)N[C@@H](CCC(N)=O)C(=O)N[C@@H](CO)C(=O)N[C@@H](CC(C)C)C(=O)N[C@@H](Cc1ccccc1)C(=O)N[C@H](C(=O)N[C@@H](CCC(N)=O)C(=O)N[C@@H](Cc1ccc(O)cc1)C(=O)N[C@@H](Cc1ccccc1)C(=O)N[C@@H](CCC(N)=O)C(=O)O)[C@@H](C)O. The summed E-state index contributed by atoms with van der Waals surface area (Å²) in [6.45, 7) is 3.32. The minimum absolute atomic E-state index is 0.0401. The monoisotopic (exact) mass is 1410 g/mol. The molecular formula is C64H90N14O20S. The molecule has 3 aromatic carbocycles. The van der Waals surface area contributed by atoms with E-state index < -0.39 is 213 Å². The van der Waals surface area contributed by atoms with Crippen LogP contribution in [0.15, 0.2) is 84.9 Å². The smallest absolute Gasteiger partial charge is 0.326 e. The van der Waals surface area contributed by atoms with Crippen molar-refractivity contribution in [1.29, 1.82) is 0 Å². The van der Waals surface area contributed by atoms with Crippen molar-refractivity contribution < 1.29 is 97.5 Å². The molecular weight excluding hydrogens is 1320 g/mol. The van der Waals surface area contributed by atoms with Gasteiger partial charge in [-0.05, 0) is 85.8 Å². The first-order chi connectivity index (χ1) is 46.7. The number of rotatable bonds is 45. The maximum atomic E-state index is 14.6. The van der Waals surface area contributed by atoms with Crippen LogP contribution in [0, 0.1) is 5.92 Å². The minimum atomic E-state index is -1.97. The number of carbonyl (C=O) groups excluding carboxylic acids is 13. The number of primary amides is 3. The van der Waals surface area contributed by atoms with Gasteiger partial charge in [-0.15, -0.1) is 0 Å². The van der Waals surface area contributed by atoms with E-state index in [1.165, 1.54) is 36.0 Å². The molecule has 0 radical (unpaired) electrons. The highest BCUT2D eigenvalue weighted by Gasteiger charge is 2.38. The van der Waals surface area contributed by atoms with Crippen molar-refractivity contribution in [1.82, 2.24) is 53.2 Å². The summed E-state index contributed by atoms with van der Waals surface area (Å²) in [7, 11) is 0. The molecule has 99 heavy (non-hydrogen) atoms. The third-order valence-electron chi connectivity index (χ3n) is 15.0. The summed E-state index contributed by atoms with van der Waals surface area (Å²) in [5, 5.41) is 74.8. The lowest BCUT2D eigenvalue weighted by Gasteiger charge is -2.29. The number of hydrogen-bond donors (Lipinski definition) is 19. The number of thioether (sulfide) groups is 1. The molecule has 0 unspecified atom stereocenters. The first-order valence-electron chi connectivity index (χ1n) is 31.4. The molecule has 0 aromatic heterocycles. The van der Waals surface area contributed by atoms with Gasteiger partial charge in [0.2, 0.25) is 76.8 Å². The summed E-state index contributed by atoms with van der Waals surface area (Å²) < 4.78 is 0. The number of aliphatic hydroxyl groups is 2. The number of aromatic hydroxyl groups is 1. The van der Waals surface area contributed by atoms with E-state index in [1.54, 1.807) is 80.8 Å². The average Bonchev–Trinajstić information content (AvgIpc) is 0.859. The van der Waals surface area contributed by atoms with Crippen LogP contribution in [0.4, 0.5) is 0 Å². The van der Waals surface area contributed by atoms with Gasteiger partial charge < -0.3 is 102 Å². The Labute approximate surface area is 574 Å². The molecule has 0 aliphatic heterocycles. The second kappa shape index (κ2) is 42.4. The van der Waals surface area contributed by atoms with Gasteiger partial charge in [-0.1, -0.05) is 86.6 Å². The predicted molar refractivity (Wildman–Crippen MR) is 356 cm³/mol. The lowest BCUT2D eigenvalue weighted by molar-refractivity contribution is -0.142. The highest BCUT2D eigenvalue weighted by Crippen LogP contribution is 2.16. The number of aliphatic carboxylic acids is 2. The predicted octanol–water partition coefficient (Wildman–Crippen LogP) is -4.88. The summed E-state index contributed by atoms with van der Waals surface area (Å²) in [5.74, 6) is -16.8. The van der Waals surface area contributed by atoms with Gasteiger partial charge in [-0.2, -0.15) is 11.8 Å². The molecule has 34 nitrogen and oxygen atoms in total. The number of amides is 13. The average molecular weight is 1410 g/mol. The van der Waals surface area contributed by atoms with E-state index in [0.29, 0.717) is 16.7 Å². The van der Waals surface area contributed by atoms with Crippen LogP contribution in [0.25, 0.3) is 0 Å². The number of carbonyl (C=O) groups is 15. The Hall–Kier alpha value is -10.3. The summed E-state index contributed by atoms with van der Waals surface area (Å²) >= 11 is 1.28. The van der Waals surface area contributed by atoms with Crippen molar-refractivity contribution in [2.45, 2.75) is 170 Å². The first-order valence-corrected chi connectivity index (χ1v) is 32.8. The van der Waals surface area contributed by atoms with E-state index in [1.807, 2.05) is 0 Å². The molecule has 3 rings (SSSR count). The lowest BCUT2D eigenvalue weighted by Crippen LogP contribution is -2.62. The quantitative estimate of drug-likeness (QED) is 0.0252. The van der Waals surface area contributed by atoms with Crippen molar-refractivity contribution in [2.24, 2.45) is 28.9 Å². The van der Waals surface area contributed by atoms with Crippen LogP contribution in [0.5, 0.6) is 5.75 Å². The zero-order chi connectivity index (χ0) is 74.1. The van der Waals surface area contributed by atoms with Gasteiger partial charge in [0.15, 0.2) is 0 Å². The lowest BCUT2D eigenvalue weighted by atomic mass is 10.00. The Morgan fingerprint density at radius 3 is 1.15 bits per heavy atom. The summed E-state index contributed by atoms with van der Waals surface area (Å²) in [5.41, 5.74) is 23.0. The van der Waals surface area contributed by atoms with Crippen molar-refractivity contribution in [3.63, 3.8) is 0 Å². The Morgan fingerprint density at radius 2 is 0.758 bits per heavy atom. The van der Waals surface area contributed by atoms with Gasteiger partial charge >= 0.3 is 11.9 Å². The molecule has 0 aliphatic rings. The molecule has 0 heterocycles. The summed E-state index contributed by atoms with van der Waals surface area (Å²) in [6.07, 6.45) is -4.90. The van der Waals surface area contributed by atoms with E-state index >= 15 is 0 Å². The van der Waals surface area contributed by atoms with Crippen LogP contribution >= 0.6 is 11.8 Å². The summed E-state index contributed by atoms with van der Waals surface area (Å²) in [4.78, 5) is 200. The zero-order valence-electron chi connectivity index (χ0n) is 55.1. The van der Waals surface area contributed by atoms with E-state index in [-0.39, 0.29) is 49.5 Å². The Bertz CT molecular complexity index is 3280. The van der Waals surface area contributed by atoms with Crippen LogP contribution in [0.3, 0.4) is 0 Å². The molecule has 0 aliphatic carbocycles. The highest BCUT2D eigenvalue weighted by molar-refractivity contribution is 7.98. The number of phenolic OH excluding ortho intramolecular Hbond substituents is 1. The third-order valence-corrected chi connectivity index (χ3v) is 15.6. The van der Waals surface area contributed by atoms with Gasteiger partial charge in [-0.25, -0.2) is 4.79 Å². The van der Waals surface area contributed by atoms with Crippen molar-refractivity contribution in [2.75, 3.05) is 18.6 Å². The molecule has 0 bridgehead atoms. The number of carboxylic acid groups (broad SMARTS) is 2. The molecule has 0 saturated heterocycles. The summed E-state index contributed by atoms with van der Waals surface area (Å²) in [6, 6.07) is 3.31. The number of hydrogen-bond acceptors (Lipinski definition) is 20. The Morgan fingerprint density at radius 1 is 0.424 bits per heavy atom. The highest BCUT2D eigenvalue weighted by atomic mass is 32.2. The molecule has 12 atom stereocenters. The molecule has 23 N–H and O–H groups in total. The molecule has 542 valence electrons. The van der Waals surface area contributed by atoms with Crippen LogP contribution in [-0.2, 0) is 91.2 Å². The van der Waals surface area contributed by atoms with Crippen molar-refractivity contribution in [3.8, 4) is 5.75 Å². The normalized spacial score (nSPS) is 14.7. The second-order valence-electron chi connectivity index (χ2n) is 23.7. The minimum Gasteiger partial charge on any atom is -0.508 e. The van der Waals surface area contributed by atoms with E-state index in [2.05, 4.69) is 53.2 Å². The van der Waals surface area contributed by atoms with Gasteiger partial charge in [-0.3, -0.25) is 67.1 Å². The maximum Gasteiger partial charge on any atom is 0.326 e. The molecule has 13 amide bonds. The number of benzene rings is 3. The van der Waals surface area contributed by atoms with Crippen LogP contribution in [0.1, 0.15) is 95.2 Å². The number of nitrogens with one attached hydrogen (secondary N) is 10. The fraction of sp³-hybridized carbons (Fsp3) is 0.484. The zero-order valence-corrected chi connectivity index (χ0v) is 55.9. The fourth-order valence-electron chi connectivity index (χ4n) is 9.64.